The Morgan fingerprint density at radius 3 is 2.68 bits per heavy atom. The van der Waals surface area contributed by atoms with Gasteiger partial charge in [-0.25, -0.2) is 0 Å². The number of rotatable bonds is 6. The molecule has 0 heterocycles. The lowest BCUT2D eigenvalue weighted by molar-refractivity contribution is -0.385. The Hall–Kier alpha value is -2.42. The Morgan fingerprint density at radius 1 is 1.53 bits per heavy atom. The summed E-state index contributed by atoms with van der Waals surface area (Å²) in [7, 11) is 0. The predicted molar refractivity (Wildman–Crippen MR) is 68.0 cm³/mol. The van der Waals surface area contributed by atoms with Crippen molar-refractivity contribution in [2.45, 2.75) is 20.3 Å². The molecular weight excluding hydrogens is 248 g/mol. The minimum atomic E-state index is -0.818. The second kappa shape index (κ2) is 6.50. The number of hydrogen-bond donors (Lipinski definition) is 0. The van der Waals surface area contributed by atoms with Gasteiger partial charge in [-0.15, -0.1) is 0 Å². The van der Waals surface area contributed by atoms with Gasteiger partial charge in [-0.1, -0.05) is 13.0 Å². The van der Waals surface area contributed by atoms with Crippen LogP contribution in [0.5, 0.6) is 5.75 Å². The molecule has 0 saturated heterocycles. The second-order valence-corrected chi connectivity index (χ2v) is 3.80. The van der Waals surface area contributed by atoms with Crippen LogP contribution in [0.4, 0.5) is 5.69 Å². The first kappa shape index (κ1) is 14.6. The van der Waals surface area contributed by atoms with Gasteiger partial charge in [0.15, 0.2) is 5.78 Å². The molecule has 6 heteroatoms. The summed E-state index contributed by atoms with van der Waals surface area (Å²) in [6.45, 7) is 3.59. The van der Waals surface area contributed by atoms with E-state index in [2.05, 4.69) is 0 Å². The standard InChI is InChI=1S/C13H14N2O4/c1-3-9(8-14)12(16)10-6-5-7-11(15(17)18)13(10)19-4-2/h5-7,9H,3-4H2,1-2H3. The largest absolute Gasteiger partial charge is 0.487 e. The normalized spacial score (nSPS) is 11.4. The van der Waals surface area contributed by atoms with E-state index in [0.29, 0.717) is 6.42 Å². The third-order valence-corrected chi connectivity index (χ3v) is 2.63. The molecule has 0 aliphatic heterocycles. The van der Waals surface area contributed by atoms with E-state index in [0.717, 1.165) is 0 Å². The first-order valence-electron chi connectivity index (χ1n) is 5.90. The zero-order valence-corrected chi connectivity index (χ0v) is 10.8. The Bertz CT molecular complexity index is 534. The summed E-state index contributed by atoms with van der Waals surface area (Å²) < 4.78 is 5.22. The molecule has 1 atom stereocenters. The number of hydrogen-bond acceptors (Lipinski definition) is 5. The highest BCUT2D eigenvalue weighted by Gasteiger charge is 2.26. The molecule has 0 radical (unpaired) electrons. The zero-order chi connectivity index (χ0) is 14.4. The highest BCUT2D eigenvalue weighted by atomic mass is 16.6. The van der Waals surface area contributed by atoms with Gasteiger partial charge in [0.25, 0.3) is 0 Å². The molecule has 0 aliphatic carbocycles. The van der Waals surface area contributed by atoms with E-state index in [1.165, 1.54) is 18.2 Å². The molecule has 0 amide bonds. The number of ether oxygens (including phenoxy) is 1. The van der Waals surface area contributed by atoms with Crippen molar-refractivity contribution in [3.05, 3.63) is 33.9 Å². The Balaban J connectivity index is 3.35. The van der Waals surface area contributed by atoms with Crippen LogP contribution >= 0.6 is 0 Å². The molecule has 0 N–H and O–H groups in total. The van der Waals surface area contributed by atoms with Crippen molar-refractivity contribution in [3.8, 4) is 11.8 Å². The van der Waals surface area contributed by atoms with E-state index < -0.39 is 16.6 Å². The molecule has 0 saturated carbocycles. The highest BCUT2D eigenvalue weighted by molar-refractivity contribution is 6.02. The third kappa shape index (κ3) is 3.07. The van der Waals surface area contributed by atoms with Crippen molar-refractivity contribution in [3.63, 3.8) is 0 Å². The SMILES string of the molecule is CCOc1c(C(=O)C(C#N)CC)cccc1[N+](=O)[O-]. The van der Waals surface area contributed by atoms with Gasteiger partial charge in [0, 0.05) is 6.07 Å². The number of ketones is 1. The van der Waals surface area contributed by atoms with Crippen molar-refractivity contribution >= 4 is 11.5 Å². The molecule has 0 aliphatic rings. The molecule has 0 aromatic heterocycles. The van der Waals surface area contributed by atoms with Crippen LogP contribution in [0.15, 0.2) is 18.2 Å². The number of para-hydroxylation sites is 1. The Labute approximate surface area is 110 Å². The molecule has 1 aromatic carbocycles. The topological polar surface area (TPSA) is 93.2 Å². The maximum atomic E-state index is 12.2. The van der Waals surface area contributed by atoms with Crippen molar-refractivity contribution in [1.29, 1.82) is 5.26 Å². The van der Waals surface area contributed by atoms with Gasteiger partial charge in [-0.3, -0.25) is 14.9 Å². The number of Topliss-reactive ketones (excluding diaryl/α,β-unsaturated/α-hetero) is 1. The third-order valence-electron chi connectivity index (χ3n) is 2.63. The molecule has 0 fully saturated rings. The van der Waals surface area contributed by atoms with E-state index >= 15 is 0 Å². The van der Waals surface area contributed by atoms with Crippen LogP contribution in [0.25, 0.3) is 0 Å². The van der Waals surface area contributed by atoms with Crippen LogP contribution < -0.4 is 4.74 Å². The fraction of sp³-hybridized carbons (Fsp3) is 0.385. The number of nitriles is 1. The van der Waals surface area contributed by atoms with E-state index in [9.17, 15) is 14.9 Å². The molecule has 1 rings (SSSR count). The van der Waals surface area contributed by atoms with E-state index in [4.69, 9.17) is 10.00 Å². The molecule has 19 heavy (non-hydrogen) atoms. The van der Waals surface area contributed by atoms with E-state index in [1.807, 2.05) is 6.07 Å². The Morgan fingerprint density at radius 2 is 2.21 bits per heavy atom. The predicted octanol–water partition coefficient (Wildman–Crippen LogP) is 2.73. The quantitative estimate of drug-likeness (QED) is 0.446. The summed E-state index contributed by atoms with van der Waals surface area (Å²) in [6, 6.07) is 6.03. The first-order chi connectivity index (χ1) is 9.06. The fourth-order valence-electron chi connectivity index (χ4n) is 1.68. The van der Waals surface area contributed by atoms with Crippen molar-refractivity contribution in [2.24, 2.45) is 5.92 Å². The lowest BCUT2D eigenvalue weighted by Crippen LogP contribution is -2.14. The summed E-state index contributed by atoms with van der Waals surface area (Å²) in [5.41, 5.74) is -0.176. The minimum Gasteiger partial charge on any atom is -0.487 e. The first-order valence-corrected chi connectivity index (χ1v) is 5.90. The number of nitro benzene ring substituents is 1. The van der Waals surface area contributed by atoms with Crippen LogP contribution in [0, 0.1) is 27.4 Å². The molecular formula is C13H14N2O4. The number of benzene rings is 1. The minimum absolute atomic E-state index is 0.0614. The average Bonchev–Trinajstić information content (AvgIpc) is 2.40. The number of carbonyl (C=O) groups excluding carboxylic acids is 1. The van der Waals surface area contributed by atoms with Gasteiger partial charge in [-0.05, 0) is 19.4 Å². The highest BCUT2D eigenvalue weighted by Crippen LogP contribution is 2.32. The molecule has 1 unspecified atom stereocenters. The fourth-order valence-corrected chi connectivity index (χ4v) is 1.68. The van der Waals surface area contributed by atoms with Crippen molar-refractivity contribution in [2.75, 3.05) is 6.61 Å². The van der Waals surface area contributed by atoms with Crippen molar-refractivity contribution in [1.82, 2.24) is 0 Å². The summed E-state index contributed by atoms with van der Waals surface area (Å²) in [4.78, 5) is 22.5. The van der Waals surface area contributed by atoms with Gasteiger partial charge >= 0.3 is 5.69 Å². The zero-order valence-electron chi connectivity index (χ0n) is 10.8. The van der Waals surface area contributed by atoms with E-state index in [-0.39, 0.29) is 23.6 Å². The maximum Gasteiger partial charge on any atom is 0.311 e. The van der Waals surface area contributed by atoms with Crippen LogP contribution in [-0.4, -0.2) is 17.3 Å². The Kier molecular flexibility index (Phi) is 5.01. The molecule has 0 spiro atoms. The van der Waals surface area contributed by atoms with Gasteiger partial charge in [0.2, 0.25) is 5.75 Å². The van der Waals surface area contributed by atoms with Gasteiger partial charge in [0.05, 0.1) is 23.2 Å². The molecule has 1 aromatic rings. The second-order valence-electron chi connectivity index (χ2n) is 3.80. The molecule has 0 bridgehead atoms. The summed E-state index contributed by atoms with van der Waals surface area (Å²) in [5, 5.41) is 19.8. The monoisotopic (exact) mass is 262 g/mol. The number of nitro groups is 1. The van der Waals surface area contributed by atoms with Crippen LogP contribution in [0.1, 0.15) is 30.6 Å². The molecule has 100 valence electrons. The number of carbonyl (C=O) groups is 1. The van der Waals surface area contributed by atoms with Gasteiger partial charge in [0.1, 0.15) is 5.92 Å². The lowest BCUT2D eigenvalue weighted by atomic mass is 9.95. The van der Waals surface area contributed by atoms with Gasteiger partial charge < -0.3 is 4.74 Å². The van der Waals surface area contributed by atoms with Crippen LogP contribution in [0.2, 0.25) is 0 Å². The average molecular weight is 262 g/mol. The lowest BCUT2D eigenvalue weighted by Gasteiger charge is -2.11. The van der Waals surface area contributed by atoms with Gasteiger partial charge in [-0.2, -0.15) is 5.26 Å². The van der Waals surface area contributed by atoms with E-state index in [1.54, 1.807) is 13.8 Å². The summed E-state index contributed by atoms with van der Waals surface area (Å²) in [5.74, 6) is -1.33. The molecule has 6 nitrogen and oxygen atoms in total. The summed E-state index contributed by atoms with van der Waals surface area (Å²) >= 11 is 0. The van der Waals surface area contributed by atoms with Crippen LogP contribution in [0.3, 0.4) is 0 Å². The van der Waals surface area contributed by atoms with Crippen LogP contribution in [-0.2, 0) is 0 Å². The maximum absolute atomic E-state index is 12.2. The summed E-state index contributed by atoms with van der Waals surface area (Å²) in [6.07, 6.45) is 0.351. The van der Waals surface area contributed by atoms with Crippen molar-refractivity contribution < 1.29 is 14.5 Å². The number of nitrogens with zero attached hydrogens (tertiary/aromatic N) is 2. The smallest absolute Gasteiger partial charge is 0.311 e.